The molecule has 124 valence electrons. The molecule has 1 amide bonds. The van der Waals surface area contributed by atoms with Crippen LogP contribution < -0.4 is 16.0 Å². The molecule has 1 unspecified atom stereocenters. The second-order valence-electron chi connectivity index (χ2n) is 5.73. The summed E-state index contributed by atoms with van der Waals surface area (Å²) in [4.78, 5) is 14.3. The standard InChI is InChI=1S/C17H25N5O/c1-12-15(13(2)21-20-12)16(18)17(23)19-10-7-11-22(3)14-8-5-4-6-9-14/h4-6,8-9,16H,7,10-11,18H2,1-3H3,(H,19,23)(H,20,21). The summed E-state index contributed by atoms with van der Waals surface area (Å²) in [5.74, 6) is -0.167. The molecule has 0 radical (unpaired) electrons. The summed E-state index contributed by atoms with van der Waals surface area (Å²) in [5, 5.41) is 9.84. The fourth-order valence-electron chi connectivity index (χ4n) is 2.60. The van der Waals surface area contributed by atoms with Crippen molar-refractivity contribution in [2.24, 2.45) is 5.73 Å². The van der Waals surface area contributed by atoms with Crippen LogP contribution in [0.2, 0.25) is 0 Å². The molecule has 0 saturated carbocycles. The zero-order chi connectivity index (χ0) is 16.8. The van der Waals surface area contributed by atoms with Crippen molar-refractivity contribution in [3.63, 3.8) is 0 Å². The SMILES string of the molecule is Cc1n[nH]c(C)c1C(N)C(=O)NCCCN(C)c1ccccc1. The average Bonchev–Trinajstić information content (AvgIpc) is 2.90. The zero-order valence-electron chi connectivity index (χ0n) is 14.0. The molecule has 1 atom stereocenters. The maximum absolute atomic E-state index is 12.2. The number of aromatic amines is 1. The Morgan fingerprint density at radius 2 is 2.04 bits per heavy atom. The number of carbonyl (C=O) groups is 1. The Morgan fingerprint density at radius 1 is 1.35 bits per heavy atom. The van der Waals surface area contributed by atoms with E-state index in [1.165, 1.54) is 5.69 Å². The van der Waals surface area contributed by atoms with Crippen molar-refractivity contribution in [2.45, 2.75) is 26.3 Å². The van der Waals surface area contributed by atoms with E-state index < -0.39 is 6.04 Å². The summed E-state index contributed by atoms with van der Waals surface area (Å²) >= 11 is 0. The predicted molar refractivity (Wildman–Crippen MR) is 92.3 cm³/mol. The highest BCUT2D eigenvalue weighted by Crippen LogP contribution is 2.17. The van der Waals surface area contributed by atoms with Crippen LogP contribution in [0.4, 0.5) is 5.69 Å². The molecule has 0 saturated heterocycles. The van der Waals surface area contributed by atoms with E-state index in [1.807, 2.05) is 39.1 Å². The molecule has 6 nitrogen and oxygen atoms in total. The van der Waals surface area contributed by atoms with Crippen molar-refractivity contribution in [3.8, 4) is 0 Å². The molecule has 0 fully saturated rings. The summed E-state index contributed by atoms with van der Waals surface area (Å²) < 4.78 is 0. The van der Waals surface area contributed by atoms with Gasteiger partial charge in [-0.3, -0.25) is 9.89 Å². The molecule has 0 aliphatic carbocycles. The average molecular weight is 315 g/mol. The fraction of sp³-hybridized carbons (Fsp3) is 0.412. The summed E-state index contributed by atoms with van der Waals surface area (Å²) in [6, 6.07) is 9.49. The highest BCUT2D eigenvalue weighted by molar-refractivity contribution is 5.83. The topological polar surface area (TPSA) is 87.0 Å². The second kappa shape index (κ2) is 7.78. The first kappa shape index (κ1) is 17.0. The van der Waals surface area contributed by atoms with Crippen LogP contribution in [0.25, 0.3) is 0 Å². The molecule has 4 N–H and O–H groups in total. The lowest BCUT2D eigenvalue weighted by Gasteiger charge is -2.19. The third-order valence-corrected chi connectivity index (χ3v) is 3.95. The number of nitrogens with zero attached hydrogens (tertiary/aromatic N) is 2. The summed E-state index contributed by atoms with van der Waals surface area (Å²) in [5.41, 5.74) is 9.60. The van der Waals surface area contributed by atoms with Gasteiger partial charge in [0.15, 0.2) is 0 Å². The van der Waals surface area contributed by atoms with Crippen molar-refractivity contribution < 1.29 is 4.79 Å². The summed E-state index contributed by atoms with van der Waals surface area (Å²) in [6.07, 6.45) is 0.854. The minimum absolute atomic E-state index is 0.167. The van der Waals surface area contributed by atoms with Gasteiger partial charge in [-0.25, -0.2) is 0 Å². The zero-order valence-corrected chi connectivity index (χ0v) is 14.0. The van der Waals surface area contributed by atoms with Crippen LogP contribution in [0, 0.1) is 13.8 Å². The molecule has 1 aromatic carbocycles. The number of hydrogen-bond donors (Lipinski definition) is 3. The molecule has 1 aromatic heterocycles. The lowest BCUT2D eigenvalue weighted by Crippen LogP contribution is -2.36. The van der Waals surface area contributed by atoms with Gasteiger partial charge in [-0.2, -0.15) is 5.10 Å². The van der Waals surface area contributed by atoms with Crippen molar-refractivity contribution >= 4 is 11.6 Å². The lowest BCUT2D eigenvalue weighted by atomic mass is 10.1. The number of para-hydroxylation sites is 1. The van der Waals surface area contributed by atoms with Gasteiger partial charge in [0.1, 0.15) is 6.04 Å². The van der Waals surface area contributed by atoms with Crippen molar-refractivity contribution in [3.05, 3.63) is 47.3 Å². The van der Waals surface area contributed by atoms with Gasteiger partial charge in [-0.15, -0.1) is 0 Å². The highest BCUT2D eigenvalue weighted by Gasteiger charge is 2.21. The van der Waals surface area contributed by atoms with E-state index in [2.05, 4.69) is 32.5 Å². The van der Waals surface area contributed by atoms with Crippen LogP contribution in [-0.4, -0.2) is 36.2 Å². The molecular formula is C17H25N5O. The fourth-order valence-corrected chi connectivity index (χ4v) is 2.60. The van der Waals surface area contributed by atoms with Gasteiger partial charge >= 0.3 is 0 Å². The number of amides is 1. The summed E-state index contributed by atoms with van der Waals surface area (Å²) in [6.45, 7) is 5.18. The second-order valence-corrected chi connectivity index (χ2v) is 5.73. The van der Waals surface area contributed by atoms with E-state index in [9.17, 15) is 4.79 Å². The maximum Gasteiger partial charge on any atom is 0.241 e. The number of nitrogens with two attached hydrogens (primary N) is 1. The van der Waals surface area contributed by atoms with Gasteiger partial charge in [0.2, 0.25) is 5.91 Å². The first-order chi connectivity index (χ1) is 11.0. The van der Waals surface area contributed by atoms with E-state index in [1.54, 1.807) is 0 Å². The number of aromatic nitrogens is 2. The minimum Gasteiger partial charge on any atom is -0.375 e. The molecule has 1 heterocycles. The Balaban J connectivity index is 1.77. The normalized spacial score (nSPS) is 12.0. The number of aryl methyl sites for hydroxylation is 2. The van der Waals surface area contributed by atoms with Crippen molar-refractivity contribution in [2.75, 3.05) is 25.0 Å². The maximum atomic E-state index is 12.2. The summed E-state index contributed by atoms with van der Waals surface area (Å²) in [7, 11) is 2.04. The Hall–Kier alpha value is -2.34. The smallest absolute Gasteiger partial charge is 0.241 e. The van der Waals surface area contributed by atoms with Gasteiger partial charge in [-0.05, 0) is 32.4 Å². The first-order valence-corrected chi connectivity index (χ1v) is 7.81. The molecule has 6 heteroatoms. The van der Waals surface area contributed by atoms with E-state index in [0.717, 1.165) is 29.9 Å². The van der Waals surface area contributed by atoms with Gasteiger partial charge in [0.05, 0.1) is 5.69 Å². The van der Waals surface area contributed by atoms with Crippen molar-refractivity contribution in [1.82, 2.24) is 15.5 Å². The Bertz CT molecular complexity index is 618. The number of anilines is 1. The van der Waals surface area contributed by atoms with Crippen LogP contribution in [0.15, 0.2) is 30.3 Å². The minimum atomic E-state index is -0.680. The largest absolute Gasteiger partial charge is 0.375 e. The molecule has 0 aliphatic heterocycles. The van der Waals surface area contributed by atoms with Crippen LogP contribution in [-0.2, 0) is 4.79 Å². The monoisotopic (exact) mass is 315 g/mol. The Morgan fingerprint density at radius 3 is 2.65 bits per heavy atom. The van der Waals surface area contributed by atoms with Gasteiger partial charge < -0.3 is 16.0 Å². The quantitative estimate of drug-likeness (QED) is 0.678. The Kier molecular flexibility index (Phi) is 5.76. The number of benzene rings is 1. The molecule has 23 heavy (non-hydrogen) atoms. The third-order valence-electron chi connectivity index (χ3n) is 3.95. The van der Waals surface area contributed by atoms with E-state index in [-0.39, 0.29) is 5.91 Å². The van der Waals surface area contributed by atoms with Gasteiger partial charge in [0.25, 0.3) is 0 Å². The van der Waals surface area contributed by atoms with Crippen LogP contribution in [0.3, 0.4) is 0 Å². The Labute approximate surface area is 137 Å². The first-order valence-electron chi connectivity index (χ1n) is 7.81. The van der Waals surface area contributed by atoms with Crippen LogP contribution in [0.1, 0.15) is 29.4 Å². The van der Waals surface area contributed by atoms with Gasteiger partial charge in [-0.1, -0.05) is 18.2 Å². The molecule has 0 bridgehead atoms. The number of nitrogens with one attached hydrogen (secondary N) is 2. The van der Waals surface area contributed by atoms with E-state index >= 15 is 0 Å². The van der Waals surface area contributed by atoms with E-state index in [0.29, 0.717) is 6.54 Å². The number of carbonyl (C=O) groups excluding carboxylic acids is 1. The number of H-pyrrole nitrogens is 1. The lowest BCUT2D eigenvalue weighted by molar-refractivity contribution is -0.122. The predicted octanol–water partition coefficient (Wildman–Crippen LogP) is 1.67. The molecule has 0 aliphatic rings. The molecule has 2 rings (SSSR count). The van der Waals surface area contributed by atoms with E-state index in [4.69, 9.17) is 5.73 Å². The van der Waals surface area contributed by atoms with Crippen LogP contribution in [0.5, 0.6) is 0 Å². The third kappa shape index (κ3) is 4.32. The number of hydrogen-bond acceptors (Lipinski definition) is 4. The number of rotatable bonds is 7. The molecule has 0 spiro atoms. The molecular weight excluding hydrogens is 290 g/mol. The van der Waals surface area contributed by atoms with Crippen LogP contribution >= 0.6 is 0 Å². The van der Waals surface area contributed by atoms with Crippen molar-refractivity contribution in [1.29, 1.82) is 0 Å². The highest BCUT2D eigenvalue weighted by atomic mass is 16.2. The van der Waals surface area contributed by atoms with Gasteiger partial charge in [0, 0.05) is 37.1 Å². The molecule has 2 aromatic rings.